The first-order valence-corrected chi connectivity index (χ1v) is 7.56. The van der Waals surface area contributed by atoms with Gasteiger partial charge in [0.25, 0.3) is 0 Å². The number of hydrogen-bond donors (Lipinski definition) is 2. The molecule has 0 saturated heterocycles. The predicted octanol–water partition coefficient (Wildman–Crippen LogP) is 3.75. The molecule has 0 bridgehead atoms. The average molecular weight is 252 g/mol. The van der Waals surface area contributed by atoms with Crippen molar-refractivity contribution in [3.05, 3.63) is 29.3 Å². The van der Waals surface area contributed by atoms with E-state index < -0.39 is 0 Å². The Kier molecular flexibility index (Phi) is 6.45. The minimum Gasteiger partial charge on any atom is -0.361 e. The van der Waals surface area contributed by atoms with Gasteiger partial charge in [0.15, 0.2) is 0 Å². The fourth-order valence-electron chi connectivity index (χ4n) is 1.78. The number of aryl methyl sites for hydroxylation is 2. The van der Waals surface area contributed by atoms with Gasteiger partial charge in [0.1, 0.15) is 5.50 Å². The third-order valence-electron chi connectivity index (χ3n) is 2.85. The largest absolute Gasteiger partial charge is 0.361 e. The van der Waals surface area contributed by atoms with Gasteiger partial charge < -0.3 is 5.32 Å². The summed E-state index contributed by atoms with van der Waals surface area (Å²) in [5, 5.41) is 7.10. The second kappa shape index (κ2) is 7.62. The van der Waals surface area contributed by atoms with E-state index in [0.717, 1.165) is 6.54 Å². The van der Waals surface area contributed by atoms with Crippen LogP contribution in [0, 0.1) is 13.8 Å². The first kappa shape index (κ1) is 14.4. The molecule has 0 aliphatic rings. The van der Waals surface area contributed by atoms with Crippen molar-refractivity contribution >= 4 is 17.4 Å². The minimum absolute atomic E-state index is 0.293. The summed E-state index contributed by atoms with van der Waals surface area (Å²) in [4.78, 5) is 0. The van der Waals surface area contributed by atoms with E-state index in [1.165, 1.54) is 29.7 Å². The second-order valence-corrected chi connectivity index (χ2v) is 5.28. The molecule has 1 aromatic rings. The molecule has 0 fully saturated rings. The Morgan fingerprint density at radius 2 is 1.88 bits per heavy atom. The summed E-state index contributed by atoms with van der Waals surface area (Å²) in [5.74, 6) is 0. The molecule has 1 rings (SSSR count). The van der Waals surface area contributed by atoms with E-state index in [1.807, 2.05) is 11.8 Å². The van der Waals surface area contributed by atoms with E-state index in [4.69, 9.17) is 0 Å². The van der Waals surface area contributed by atoms with Gasteiger partial charge in [0.2, 0.25) is 0 Å². The Bertz CT molecular complexity index is 319. The molecule has 1 unspecified atom stereocenters. The summed E-state index contributed by atoms with van der Waals surface area (Å²) in [5.41, 5.74) is 4.17. The van der Waals surface area contributed by atoms with Crippen molar-refractivity contribution in [2.75, 3.05) is 18.1 Å². The van der Waals surface area contributed by atoms with Crippen LogP contribution in [0.3, 0.4) is 0 Å². The summed E-state index contributed by atoms with van der Waals surface area (Å²) in [6.45, 7) is 7.59. The van der Waals surface area contributed by atoms with Crippen molar-refractivity contribution < 1.29 is 0 Å². The van der Waals surface area contributed by atoms with E-state index >= 15 is 0 Å². The monoisotopic (exact) mass is 252 g/mol. The molecule has 0 heterocycles. The van der Waals surface area contributed by atoms with Crippen molar-refractivity contribution in [3.8, 4) is 0 Å². The number of benzene rings is 1. The average Bonchev–Trinajstić information content (AvgIpc) is 2.32. The standard InChI is InChI=1S/C14H24N2S/c1-5-6-10-15-14(17-4)16-13-11(2)8-7-9-12(13)3/h7-9,14-16H,5-6,10H2,1-4H3. The molecule has 1 aromatic carbocycles. The van der Waals surface area contributed by atoms with E-state index in [-0.39, 0.29) is 0 Å². The van der Waals surface area contributed by atoms with Crippen molar-refractivity contribution in [2.24, 2.45) is 0 Å². The third-order valence-corrected chi connectivity index (χ3v) is 3.61. The van der Waals surface area contributed by atoms with Crippen LogP contribution in [0.2, 0.25) is 0 Å². The summed E-state index contributed by atoms with van der Waals surface area (Å²) in [6, 6.07) is 6.41. The molecule has 0 aliphatic heterocycles. The lowest BCUT2D eigenvalue weighted by molar-refractivity contribution is 0.644. The molecule has 2 N–H and O–H groups in total. The van der Waals surface area contributed by atoms with E-state index in [0.29, 0.717) is 5.50 Å². The van der Waals surface area contributed by atoms with Gasteiger partial charge in [-0.05, 0) is 44.2 Å². The molecule has 0 aromatic heterocycles. The highest BCUT2D eigenvalue weighted by Crippen LogP contribution is 2.21. The van der Waals surface area contributed by atoms with Crippen molar-refractivity contribution in [2.45, 2.75) is 39.1 Å². The SMILES string of the molecule is CCCCNC(Nc1c(C)cccc1C)SC. The molecule has 0 saturated carbocycles. The van der Waals surface area contributed by atoms with Crippen LogP contribution in [0.4, 0.5) is 5.69 Å². The maximum atomic E-state index is 3.58. The number of thioether (sulfide) groups is 1. The van der Waals surface area contributed by atoms with Crippen molar-refractivity contribution in [1.29, 1.82) is 0 Å². The molecule has 2 nitrogen and oxygen atoms in total. The zero-order valence-corrected chi connectivity index (χ0v) is 12.2. The fourth-order valence-corrected chi connectivity index (χ4v) is 2.30. The molecule has 0 aliphatic carbocycles. The zero-order valence-electron chi connectivity index (χ0n) is 11.3. The van der Waals surface area contributed by atoms with Crippen molar-refractivity contribution in [3.63, 3.8) is 0 Å². The molecule has 1 atom stereocenters. The number of anilines is 1. The summed E-state index contributed by atoms with van der Waals surface area (Å²) in [6.07, 6.45) is 4.59. The maximum Gasteiger partial charge on any atom is 0.125 e. The lowest BCUT2D eigenvalue weighted by Crippen LogP contribution is -2.34. The number of para-hydroxylation sites is 1. The Morgan fingerprint density at radius 1 is 1.24 bits per heavy atom. The van der Waals surface area contributed by atoms with Crippen molar-refractivity contribution in [1.82, 2.24) is 5.32 Å². The molecule has 0 radical (unpaired) electrons. The Hall–Kier alpha value is -0.670. The highest BCUT2D eigenvalue weighted by atomic mass is 32.2. The van der Waals surface area contributed by atoms with E-state index in [1.54, 1.807) is 0 Å². The lowest BCUT2D eigenvalue weighted by Gasteiger charge is -2.22. The van der Waals surface area contributed by atoms with Gasteiger partial charge in [-0.1, -0.05) is 31.5 Å². The van der Waals surface area contributed by atoms with Gasteiger partial charge in [-0.3, -0.25) is 5.32 Å². The van der Waals surface area contributed by atoms with Crippen LogP contribution in [0.25, 0.3) is 0 Å². The van der Waals surface area contributed by atoms with Gasteiger partial charge in [-0.25, -0.2) is 0 Å². The van der Waals surface area contributed by atoms with Crippen LogP contribution in [0.1, 0.15) is 30.9 Å². The lowest BCUT2D eigenvalue weighted by atomic mass is 10.1. The van der Waals surface area contributed by atoms with Gasteiger partial charge >= 0.3 is 0 Å². The van der Waals surface area contributed by atoms with Gasteiger partial charge in [0.05, 0.1) is 0 Å². The smallest absolute Gasteiger partial charge is 0.125 e. The quantitative estimate of drug-likeness (QED) is 0.571. The first-order chi connectivity index (χ1) is 8.19. The van der Waals surface area contributed by atoms with Gasteiger partial charge in [-0.2, -0.15) is 0 Å². The van der Waals surface area contributed by atoms with Crippen LogP contribution in [-0.2, 0) is 0 Å². The predicted molar refractivity (Wildman–Crippen MR) is 79.8 cm³/mol. The second-order valence-electron chi connectivity index (χ2n) is 4.33. The third kappa shape index (κ3) is 4.60. The zero-order chi connectivity index (χ0) is 12.7. The Balaban J connectivity index is 2.60. The van der Waals surface area contributed by atoms with Gasteiger partial charge in [-0.15, -0.1) is 11.8 Å². The molecular weight excluding hydrogens is 228 g/mol. The van der Waals surface area contributed by atoms with Crippen LogP contribution < -0.4 is 10.6 Å². The molecule has 96 valence electrons. The van der Waals surface area contributed by atoms with Crippen LogP contribution in [-0.4, -0.2) is 18.3 Å². The normalized spacial score (nSPS) is 12.5. The molecule has 3 heteroatoms. The number of rotatable bonds is 7. The fraction of sp³-hybridized carbons (Fsp3) is 0.571. The minimum atomic E-state index is 0.293. The highest BCUT2D eigenvalue weighted by Gasteiger charge is 2.08. The molecular formula is C14H24N2S. The molecule has 0 amide bonds. The number of unbranched alkanes of at least 4 members (excludes halogenated alkanes) is 1. The summed E-state index contributed by atoms with van der Waals surface area (Å²) in [7, 11) is 0. The number of nitrogens with one attached hydrogen (secondary N) is 2. The van der Waals surface area contributed by atoms with E-state index in [9.17, 15) is 0 Å². The molecule has 0 spiro atoms. The topological polar surface area (TPSA) is 24.1 Å². The molecule has 17 heavy (non-hydrogen) atoms. The summed E-state index contributed by atoms with van der Waals surface area (Å²) < 4.78 is 0. The van der Waals surface area contributed by atoms with Crippen LogP contribution in [0.15, 0.2) is 18.2 Å². The van der Waals surface area contributed by atoms with Gasteiger partial charge in [0, 0.05) is 5.69 Å². The maximum absolute atomic E-state index is 3.58. The number of hydrogen-bond acceptors (Lipinski definition) is 3. The van der Waals surface area contributed by atoms with Crippen LogP contribution in [0.5, 0.6) is 0 Å². The highest BCUT2D eigenvalue weighted by molar-refractivity contribution is 7.99. The van der Waals surface area contributed by atoms with E-state index in [2.05, 4.69) is 55.9 Å². The summed E-state index contributed by atoms with van der Waals surface area (Å²) >= 11 is 1.81. The Morgan fingerprint density at radius 3 is 2.41 bits per heavy atom. The van der Waals surface area contributed by atoms with Crippen LogP contribution >= 0.6 is 11.8 Å². The first-order valence-electron chi connectivity index (χ1n) is 6.28. The Labute approximate surface area is 110 Å².